The van der Waals surface area contributed by atoms with Crippen LogP contribution in [0.3, 0.4) is 0 Å². The van der Waals surface area contributed by atoms with E-state index >= 15 is 0 Å². The van der Waals surface area contributed by atoms with E-state index in [1.807, 2.05) is 12.3 Å². The van der Waals surface area contributed by atoms with Crippen LogP contribution in [0.15, 0.2) is 16.7 Å². The number of hydrogen-bond acceptors (Lipinski definition) is 2. The number of rotatable bonds is 2. The van der Waals surface area contributed by atoms with Crippen LogP contribution in [0.1, 0.15) is 36.2 Å². The van der Waals surface area contributed by atoms with Crippen molar-refractivity contribution in [3.05, 3.63) is 22.4 Å². The van der Waals surface area contributed by atoms with Gasteiger partial charge in [-0.1, -0.05) is 0 Å². The predicted octanol–water partition coefficient (Wildman–Crippen LogP) is 2.48. The number of amides is 1. The summed E-state index contributed by atoms with van der Waals surface area (Å²) in [5, 5.41) is 0. The molecular formula is C14H20BrN3O. The summed E-state index contributed by atoms with van der Waals surface area (Å²) < 4.78 is 0.935. The number of halogens is 1. The summed E-state index contributed by atoms with van der Waals surface area (Å²) in [6.45, 7) is 2.06. The van der Waals surface area contributed by atoms with Crippen molar-refractivity contribution >= 4 is 21.8 Å². The molecule has 1 aromatic heterocycles. The van der Waals surface area contributed by atoms with Crippen LogP contribution in [-0.2, 0) is 0 Å². The van der Waals surface area contributed by atoms with Crippen molar-refractivity contribution in [3.8, 4) is 0 Å². The van der Waals surface area contributed by atoms with Gasteiger partial charge in [-0.05, 0) is 61.3 Å². The minimum Gasteiger partial charge on any atom is -0.356 e. The van der Waals surface area contributed by atoms with Crippen LogP contribution in [0.4, 0.5) is 0 Å². The van der Waals surface area contributed by atoms with E-state index in [0.29, 0.717) is 17.8 Å². The summed E-state index contributed by atoms with van der Waals surface area (Å²) in [5.74, 6) is 0.147. The third kappa shape index (κ3) is 2.46. The van der Waals surface area contributed by atoms with Crippen molar-refractivity contribution in [2.45, 2.75) is 37.8 Å². The van der Waals surface area contributed by atoms with Gasteiger partial charge >= 0.3 is 0 Å². The summed E-state index contributed by atoms with van der Waals surface area (Å²) in [4.78, 5) is 20.1. The van der Waals surface area contributed by atoms with Gasteiger partial charge in [0.1, 0.15) is 5.69 Å². The lowest BCUT2D eigenvalue weighted by atomic mass is 10.0. The van der Waals surface area contributed by atoms with Gasteiger partial charge in [0.05, 0.1) is 0 Å². The highest BCUT2D eigenvalue weighted by atomic mass is 79.9. The molecule has 2 aliphatic rings. The van der Waals surface area contributed by atoms with Crippen LogP contribution in [0, 0.1) is 0 Å². The Balaban J connectivity index is 1.77. The van der Waals surface area contributed by atoms with E-state index in [2.05, 4.69) is 37.8 Å². The maximum atomic E-state index is 12.6. The van der Waals surface area contributed by atoms with Gasteiger partial charge in [0.2, 0.25) is 0 Å². The van der Waals surface area contributed by atoms with Gasteiger partial charge in [-0.25, -0.2) is 0 Å². The molecule has 19 heavy (non-hydrogen) atoms. The molecular weight excluding hydrogens is 306 g/mol. The molecule has 0 saturated carbocycles. The van der Waals surface area contributed by atoms with Gasteiger partial charge in [-0.15, -0.1) is 0 Å². The van der Waals surface area contributed by atoms with Crippen LogP contribution >= 0.6 is 15.9 Å². The van der Waals surface area contributed by atoms with Gasteiger partial charge in [0, 0.05) is 29.3 Å². The second kappa shape index (κ2) is 5.29. The fourth-order valence-corrected chi connectivity index (χ4v) is 3.86. The molecule has 104 valence electrons. The zero-order chi connectivity index (χ0) is 13.4. The Morgan fingerprint density at radius 2 is 2.05 bits per heavy atom. The minimum atomic E-state index is 0.147. The smallest absolute Gasteiger partial charge is 0.270 e. The largest absolute Gasteiger partial charge is 0.356 e. The number of likely N-dealkylation sites (N-methyl/N-ethyl adjacent to an activating group) is 1. The van der Waals surface area contributed by atoms with Crippen molar-refractivity contribution in [1.82, 2.24) is 14.8 Å². The van der Waals surface area contributed by atoms with E-state index in [9.17, 15) is 4.79 Å². The second-order valence-corrected chi connectivity index (χ2v) is 6.55. The van der Waals surface area contributed by atoms with Crippen molar-refractivity contribution in [2.75, 3.05) is 20.1 Å². The Kier molecular flexibility index (Phi) is 3.67. The highest BCUT2D eigenvalue weighted by molar-refractivity contribution is 9.10. The highest BCUT2D eigenvalue weighted by Crippen LogP contribution is 2.30. The number of likely N-dealkylation sites (tertiary alicyclic amines) is 2. The molecule has 2 atom stereocenters. The zero-order valence-electron chi connectivity index (χ0n) is 11.2. The SMILES string of the molecule is CN1CCC[C@@H]1[C@H]1CCCN1C(=O)c1cc(Br)c[nH]1. The third-order valence-electron chi connectivity index (χ3n) is 4.46. The molecule has 0 bridgehead atoms. The number of aromatic nitrogens is 1. The Hall–Kier alpha value is -0.810. The van der Waals surface area contributed by atoms with Crippen molar-refractivity contribution in [3.63, 3.8) is 0 Å². The molecule has 2 aliphatic heterocycles. The fourth-order valence-electron chi connectivity index (χ4n) is 3.51. The van der Waals surface area contributed by atoms with Crippen LogP contribution < -0.4 is 0 Å². The molecule has 3 rings (SSSR count). The Bertz CT molecular complexity index is 473. The van der Waals surface area contributed by atoms with Gasteiger partial charge < -0.3 is 14.8 Å². The van der Waals surface area contributed by atoms with Crippen LogP contribution in [0.5, 0.6) is 0 Å². The Morgan fingerprint density at radius 3 is 2.68 bits per heavy atom. The minimum absolute atomic E-state index is 0.147. The van der Waals surface area contributed by atoms with E-state index in [0.717, 1.165) is 30.4 Å². The molecule has 0 unspecified atom stereocenters. The number of H-pyrrole nitrogens is 1. The lowest BCUT2D eigenvalue weighted by molar-refractivity contribution is 0.0659. The Morgan fingerprint density at radius 1 is 1.32 bits per heavy atom. The molecule has 1 aromatic rings. The monoisotopic (exact) mass is 325 g/mol. The number of aromatic amines is 1. The quantitative estimate of drug-likeness (QED) is 0.907. The van der Waals surface area contributed by atoms with Crippen molar-refractivity contribution in [1.29, 1.82) is 0 Å². The third-order valence-corrected chi connectivity index (χ3v) is 4.92. The predicted molar refractivity (Wildman–Crippen MR) is 78.2 cm³/mol. The highest BCUT2D eigenvalue weighted by Gasteiger charge is 2.38. The number of carbonyl (C=O) groups is 1. The van der Waals surface area contributed by atoms with Crippen LogP contribution in [0.2, 0.25) is 0 Å². The molecule has 3 heterocycles. The summed E-state index contributed by atoms with van der Waals surface area (Å²) in [5.41, 5.74) is 0.694. The van der Waals surface area contributed by atoms with E-state index in [-0.39, 0.29) is 5.91 Å². The Labute approximate surface area is 122 Å². The van der Waals surface area contributed by atoms with Crippen LogP contribution in [-0.4, -0.2) is 52.9 Å². The summed E-state index contributed by atoms with van der Waals surface area (Å²) in [7, 11) is 2.18. The summed E-state index contributed by atoms with van der Waals surface area (Å²) in [6.07, 6.45) is 6.57. The average Bonchev–Trinajstić information content (AvgIpc) is 3.07. The fraction of sp³-hybridized carbons (Fsp3) is 0.643. The lowest BCUT2D eigenvalue weighted by Gasteiger charge is -2.33. The first-order valence-electron chi connectivity index (χ1n) is 7.02. The number of carbonyl (C=O) groups excluding carboxylic acids is 1. The second-order valence-electron chi connectivity index (χ2n) is 5.63. The topological polar surface area (TPSA) is 39.3 Å². The van der Waals surface area contributed by atoms with E-state index in [1.165, 1.54) is 12.8 Å². The van der Waals surface area contributed by atoms with E-state index in [4.69, 9.17) is 0 Å². The number of hydrogen-bond donors (Lipinski definition) is 1. The number of nitrogens with zero attached hydrogens (tertiary/aromatic N) is 2. The number of nitrogens with one attached hydrogen (secondary N) is 1. The summed E-state index contributed by atoms with van der Waals surface area (Å²) >= 11 is 3.39. The van der Waals surface area contributed by atoms with Gasteiger partial charge in [-0.2, -0.15) is 0 Å². The standard InChI is InChI=1S/C14H20BrN3O/c1-17-6-2-4-12(17)13-5-3-7-18(13)14(19)11-8-10(15)9-16-11/h8-9,12-13,16H,2-7H2,1H3/t12-,13-/m1/s1. The van der Waals surface area contributed by atoms with Crippen molar-refractivity contribution < 1.29 is 4.79 Å². The molecule has 0 spiro atoms. The summed E-state index contributed by atoms with van der Waals surface area (Å²) in [6, 6.07) is 2.81. The molecule has 1 N–H and O–H groups in total. The lowest BCUT2D eigenvalue weighted by Crippen LogP contribution is -2.47. The maximum Gasteiger partial charge on any atom is 0.270 e. The molecule has 4 nitrogen and oxygen atoms in total. The van der Waals surface area contributed by atoms with Gasteiger partial charge in [0.25, 0.3) is 5.91 Å². The van der Waals surface area contributed by atoms with Crippen LogP contribution in [0.25, 0.3) is 0 Å². The molecule has 2 fully saturated rings. The van der Waals surface area contributed by atoms with E-state index < -0.39 is 0 Å². The zero-order valence-corrected chi connectivity index (χ0v) is 12.8. The van der Waals surface area contributed by atoms with E-state index in [1.54, 1.807) is 0 Å². The average molecular weight is 326 g/mol. The molecule has 0 aromatic carbocycles. The molecule has 0 radical (unpaired) electrons. The van der Waals surface area contributed by atoms with Gasteiger partial charge in [0.15, 0.2) is 0 Å². The normalized spacial score (nSPS) is 28.2. The first kappa shape index (κ1) is 13.2. The molecule has 5 heteroatoms. The molecule has 0 aliphatic carbocycles. The molecule has 1 amide bonds. The first-order chi connectivity index (χ1) is 9.16. The maximum absolute atomic E-state index is 12.6. The van der Waals surface area contributed by atoms with Gasteiger partial charge in [-0.3, -0.25) is 4.79 Å². The molecule has 2 saturated heterocycles. The van der Waals surface area contributed by atoms with Crippen molar-refractivity contribution in [2.24, 2.45) is 0 Å². The first-order valence-corrected chi connectivity index (χ1v) is 7.81.